The molecule has 1 saturated carbocycles. The Kier molecular flexibility index (Phi) is 6.54. The SMILES string of the molecule is CC1CCC(N2CC(C(=O)N3CCNC(C)C3C)CC2=O)CC1.Cl. The lowest BCUT2D eigenvalue weighted by Gasteiger charge is -2.40. The second kappa shape index (κ2) is 8.05. The maximum atomic E-state index is 12.9. The Hall–Kier alpha value is -0.810. The van der Waals surface area contributed by atoms with Crippen LogP contribution in [0, 0.1) is 11.8 Å². The highest BCUT2D eigenvalue weighted by Gasteiger charge is 2.41. The fourth-order valence-electron chi connectivity index (χ4n) is 4.41. The largest absolute Gasteiger partial charge is 0.339 e. The second-order valence-electron chi connectivity index (χ2n) is 7.88. The van der Waals surface area contributed by atoms with E-state index in [1.807, 2.05) is 9.80 Å². The molecule has 1 aliphatic carbocycles. The normalized spacial score (nSPS) is 37.3. The van der Waals surface area contributed by atoms with E-state index >= 15 is 0 Å². The minimum atomic E-state index is -0.130. The highest BCUT2D eigenvalue weighted by molar-refractivity contribution is 5.89. The molecule has 138 valence electrons. The molecule has 0 aromatic carbocycles. The van der Waals surface area contributed by atoms with Crippen molar-refractivity contribution in [2.45, 2.75) is 71.0 Å². The number of nitrogens with one attached hydrogen (secondary N) is 1. The number of piperazine rings is 1. The van der Waals surface area contributed by atoms with Gasteiger partial charge in [0.2, 0.25) is 11.8 Å². The van der Waals surface area contributed by atoms with Crippen LogP contribution in [-0.2, 0) is 9.59 Å². The van der Waals surface area contributed by atoms with Crippen molar-refractivity contribution >= 4 is 24.2 Å². The van der Waals surface area contributed by atoms with E-state index in [9.17, 15) is 9.59 Å². The maximum Gasteiger partial charge on any atom is 0.228 e. The quantitative estimate of drug-likeness (QED) is 0.822. The number of hydrogen-bond acceptors (Lipinski definition) is 3. The number of amides is 2. The zero-order chi connectivity index (χ0) is 16.6. The van der Waals surface area contributed by atoms with Crippen LogP contribution in [0.4, 0.5) is 0 Å². The van der Waals surface area contributed by atoms with Gasteiger partial charge < -0.3 is 15.1 Å². The van der Waals surface area contributed by atoms with Gasteiger partial charge in [0.05, 0.1) is 5.92 Å². The Morgan fingerprint density at radius 3 is 2.46 bits per heavy atom. The summed E-state index contributed by atoms with van der Waals surface area (Å²) < 4.78 is 0. The first-order valence-electron chi connectivity index (χ1n) is 9.30. The number of carbonyl (C=O) groups is 2. The molecule has 0 bridgehead atoms. The zero-order valence-corrected chi connectivity index (χ0v) is 16.0. The zero-order valence-electron chi connectivity index (χ0n) is 15.2. The molecule has 3 unspecified atom stereocenters. The lowest BCUT2D eigenvalue weighted by molar-refractivity contribution is -0.139. The van der Waals surface area contributed by atoms with Crippen LogP contribution in [0.2, 0.25) is 0 Å². The van der Waals surface area contributed by atoms with E-state index in [1.165, 1.54) is 12.8 Å². The summed E-state index contributed by atoms with van der Waals surface area (Å²) in [7, 11) is 0. The molecule has 3 atom stereocenters. The summed E-state index contributed by atoms with van der Waals surface area (Å²) in [6, 6.07) is 0.896. The molecule has 0 radical (unpaired) electrons. The smallest absolute Gasteiger partial charge is 0.228 e. The average molecular weight is 358 g/mol. The predicted molar refractivity (Wildman–Crippen MR) is 97.1 cm³/mol. The van der Waals surface area contributed by atoms with Crippen molar-refractivity contribution in [3.8, 4) is 0 Å². The van der Waals surface area contributed by atoms with Crippen molar-refractivity contribution in [2.75, 3.05) is 19.6 Å². The molecule has 2 heterocycles. The lowest BCUT2D eigenvalue weighted by Crippen LogP contribution is -2.58. The Bertz CT molecular complexity index is 465. The third-order valence-electron chi connectivity index (χ3n) is 6.25. The summed E-state index contributed by atoms with van der Waals surface area (Å²) in [6.45, 7) is 8.77. The minimum absolute atomic E-state index is 0. The number of hydrogen-bond donors (Lipinski definition) is 1. The van der Waals surface area contributed by atoms with Crippen molar-refractivity contribution in [2.24, 2.45) is 11.8 Å². The van der Waals surface area contributed by atoms with Crippen molar-refractivity contribution in [1.82, 2.24) is 15.1 Å². The molecular weight excluding hydrogens is 326 g/mol. The molecule has 1 N–H and O–H groups in total. The van der Waals surface area contributed by atoms with Crippen LogP contribution < -0.4 is 5.32 Å². The fraction of sp³-hybridized carbons (Fsp3) is 0.889. The lowest BCUT2D eigenvalue weighted by atomic mass is 9.86. The van der Waals surface area contributed by atoms with Crippen LogP contribution in [0.5, 0.6) is 0 Å². The summed E-state index contributed by atoms with van der Waals surface area (Å²) >= 11 is 0. The van der Waals surface area contributed by atoms with Crippen LogP contribution in [0.25, 0.3) is 0 Å². The summed E-state index contributed by atoms with van der Waals surface area (Å²) in [4.78, 5) is 29.4. The number of nitrogens with zero attached hydrogens (tertiary/aromatic N) is 2. The molecule has 6 heteroatoms. The van der Waals surface area contributed by atoms with Gasteiger partial charge in [-0.3, -0.25) is 9.59 Å². The number of likely N-dealkylation sites (tertiary alicyclic amines) is 1. The van der Waals surface area contributed by atoms with E-state index in [4.69, 9.17) is 0 Å². The maximum absolute atomic E-state index is 12.9. The van der Waals surface area contributed by atoms with E-state index in [0.717, 1.165) is 31.8 Å². The van der Waals surface area contributed by atoms with Crippen LogP contribution in [0.3, 0.4) is 0 Å². The summed E-state index contributed by atoms with van der Waals surface area (Å²) in [5, 5.41) is 3.41. The van der Waals surface area contributed by atoms with Gasteiger partial charge in [0, 0.05) is 44.2 Å². The molecule has 2 amide bonds. The summed E-state index contributed by atoms with van der Waals surface area (Å²) in [5.74, 6) is 1.03. The molecule has 0 spiro atoms. The van der Waals surface area contributed by atoms with E-state index in [1.54, 1.807) is 0 Å². The monoisotopic (exact) mass is 357 g/mol. The fourth-order valence-corrected chi connectivity index (χ4v) is 4.41. The Labute approximate surface area is 151 Å². The van der Waals surface area contributed by atoms with Gasteiger partial charge in [0.1, 0.15) is 0 Å². The van der Waals surface area contributed by atoms with E-state index in [0.29, 0.717) is 25.0 Å². The first-order chi connectivity index (χ1) is 11.0. The third kappa shape index (κ3) is 3.88. The molecule has 2 aliphatic heterocycles. The molecule has 3 fully saturated rings. The van der Waals surface area contributed by atoms with Crippen molar-refractivity contribution in [3.05, 3.63) is 0 Å². The minimum Gasteiger partial charge on any atom is -0.339 e. The molecule has 3 aliphatic rings. The van der Waals surface area contributed by atoms with Crippen LogP contribution in [0.15, 0.2) is 0 Å². The molecule has 24 heavy (non-hydrogen) atoms. The molecule has 0 aromatic rings. The molecule has 0 aromatic heterocycles. The molecular formula is C18H32ClN3O2. The summed E-state index contributed by atoms with van der Waals surface area (Å²) in [5.41, 5.74) is 0. The predicted octanol–water partition coefficient (Wildman–Crippen LogP) is 2.04. The first kappa shape index (κ1) is 19.5. The topological polar surface area (TPSA) is 52.7 Å². The van der Waals surface area contributed by atoms with Gasteiger partial charge in [0.25, 0.3) is 0 Å². The van der Waals surface area contributed by atoms with E-state index in [-0.39, 0.29) is 36.2 Å². The standard InChI is InChI=1S/C18H31N3O2.ClH/c1-12-4-6-16(7-5-12)21-11-15(10-17(21)22)18(23)20-9-8-19-13(2)14(20)3;/h12-16,19H,4-11H2,1-3H3;1H. The van der Waals surface area contributed by atoms with Crippen LogP contribution >= 0.6 is 12.4 Å². The molecule has 5 nitrogen and oxygen atoms in total. The van der Waals surface area contributed by atoms with E-state index in [2.05, 4.69) is 26.1 Å². The van der Waals surface area contributed by atoms with Crippen LogP contribution in [0.1, 0.15) is 52.9 Å². The second-order valence-corrected chi connectivity index (χ2v) is 7.88. The van der Waals surface area contributed by atoms with Crippen molar-refractivity contribution < 1.29 is 9.59 Å². The molecule has 2 saturated heterocycles. The summed E-state index contributed by atoms with van der Waals surface area (Å²) in [6.07, 6.45) is 5.04. The van der Waals surface area contributed by atoms with Gasteiger partial charge in [-0.1, -0.05) is 6.92 Å². The number of halogens is 1. The first-order valence-corrected chi connectivity index (χ1v) is 9.30. The number of carbonyl (C=O) groups excluding carboxylic acids is 2. The Morgan fingerprint density at radius 2 is 1.79 bits per heavy atom. The van der Waals surface area contributed by atoms with Crippen LogP contribution in [-0.4, -0.2) is 59.4 Å². The van der Waals surface area contributed by atoms with Crippen molar-refractivity contribution in [1.29, 1.82) is 0 Å². The highest BCUT2D eigenvalue weighted by atomic mass is 35.5. The van der Waals surface area contributed by atoms with Gasteiger partial charge in [-0.2, -0.15) is 0 Å². The highest BCUT2D eigenvalue weighted by Crippen LogP contribution is 2.32. The third-order valence-corrected chi connectivity index (χ3v) is 6.25. The number of rotatable bonds is 2. The van der Waals surface area contributed by atoms with Gasteiger partial charge in [-0.05, 0) is 45.4 Å². The Morgan fingerprint density at radius 1 is 1.12 bits per heavy atom. The van der Waals surface area contributed by atoms with Crippen molar-refractivity contribution in [3.63, 3.8) is 0 Å². The van der Waals surface area contributed by atoms with Gasteiger partial charge in [-0.25, -0.2) is 0 Å². The van der Waals surface area contributed by atoms with Gasteiger partial charge >= 0.3 is 0 Å². The Balaban J connectivity index is 0.00000208. The average Bonchev–Trinajstić information content (AvgIpc) is 2.92. The van der Waals surface area contributed by atoms with E-state index < -0.39 is 0 Å². The van der Waals surface area contributed by atoms with Gasteiger partial charge in [-0.15, -0.1) is 12.4 Å². The van der Waals surface area contributed by atoms with Gasteiger partial charge in [0.15, 0.2) is 0 Å². The molecule has 3 rings (SSSR count).